The minimum Gasteiger partial charge on any atom is -0.324 e. The number of carbonyl (C=O) groups is 2. The van der Waals surface area contributed by atoms with Gasteiger partial charge in [0.15, 0.2) is 0 Å². The lowest BCUT2D eigenvalue weighted by atomic mass is 10.1. The smallest absolute Gasteiger partial charge is 0.244 e. The van der Waals surface area contributed by atoms with Gasteiger partial charge in [-0.25, -0.2) is 0 Å². The highest BCUT2D eigenvalue weighted by Gasteiger charge is 2.29. The van der Waals surface area contributed by atoms with Crippen LogP contribution in [0.1, 0.15) is 13.8 Å². The largest absolute Gasteiger partial charge is 0.324 e. The van der Waals surface area contributed by atoms with E-state index in [1.54, 1.807) is 12.1 Å². The fraction of sp³-hybridized carbons (Fsp3) is 0.391. The van der Waals surface area contributed by atoms with Crippen LogP contribution in [0, 0.1) is 0 Å². The van der Waals surface area contributed by atoms with Crippen molar-refractivity contribution in [3.8, 4) is 0 Å². The van der Waals surface area contributed by atoms with Gasteiger partial charge in [-0.1, -0.05) is 41.9 Å². The van der Waals surface area contributed by atoms with Crippen molar-refractivity contribution in [3.05, 3.63) is 59.6 Å². The summed E-state index contributed by atoms with van der Waals surface area (Å²) in [5.74, 6) is 0.0236. The second-order valence-corrected chi connectivity index (χ2v) is 7.84. The first-order valence-corrected chi connectivity index (χ1v) is 10.7. The number of nitrogens with zero attached hydrogens (tertiary/aromatic N) is 3. The van der Waals surface area contributed by atoms with E-state index in [2.05, 4.69) is 15.1 Å². The number of carbonyl (C=O) groups excluding carboxylic acids is 2. The van der Waals surface area contributed by atoms with Gasteiger partial charge in [-0.05, 0) is 38.1 Å². The molecule has 1 atom stereocenters. The van der Waals surface area contributed by atoms with Gasteiger partial charge >= 0.3 is 0 Å². The Bertz CT molecular complexity index is 853. The van der Waals surface area contributed by atoms with Crippen LogP contribution in [0.25, 0.3) is 0 Å². The molecule has 0 aromatic heterocycles. The van der Waals surface area contributed by atoms with Crippen molar-refractivity contribution < 1.29 is 9.59 Å². The molecule has 7 heteroatoms. The van der Waals surface area contributed by atoms with Gasteiger partial charge in [0.2, 0.25) is 11.8 Å². The highest BCUT2D eigenvalue weighted by molar-refractivity contribution is 6.33. The molecule has 1 fully saturated rings. The number of para-hydroxylation sites is 2. The molecule has 1 N–H and O–H groups in total. The summed E-state index contributed by atoms with van der Waals surface area (Å²) >= 11 is 6.11. The fourth-order valence-corrected chi connectivity index (χ4v) is 3.90. The second kappa shape index (κ2) is 10.6. The van der Waals surface area contributed by atoms with E-state index in [9.17, 15) is 9.59 Å². The third-order valence-electron chi connectivity index (χ3n) is 5.48. The monoisotopic (exact) mass is 428 g/mol. The molecule has 2 aromatic carbocycles. The molecular weight excluding hydrogens is 400 g/mol. The molecule has 1 saturated heterocycles. The number of piperazine rings is 1. The zero-order valence-electron chi connectivity index (χ0n) is 17.6. The number of nitrogens with one attached hydrogen (secondary N) is 1. The lowest BCUT2D eigenvalue weighted by Crippen LogP contribution is -2.55. The van der Waals surface area contributed by atoms with Crippen molar-refractivity contribution >= 4 is 34.8 Å². The van der Waals surface area contributed by atoms with Gasteiger partial charge < -0.3 is 10.2 Å². The normalized spacial score (nSPS) is 16.1. The summed E-state index contributed by atoms with van der Waals surface area (Å²) < 4.78 is 0. The molecule has 0 aliphatic carbocycles. The van der Waals surface area contributed by atoms with E-state index < -0.39 is 0 Å². The van der Waals surface area contributed by atoms with Crippen LogP contribution >= 0.6 is 11.6 Å². The topological polar surface area (TPSA) is 55.9 Å². The van der Waals surface area contributed by atoms with Gasteiger partial charge in [-0.2, -0.15) is 0 Å². The summed E-state index contributed by atoms with van der Waals surface area (Å²) in [5, 5.41) is 3.39. The lowest BCUT2D eigenvalue weighted by Gasteiger charge is -2.38. The summed E-state index contributed by atoms with van der Waals surface area (Å²) in [6, 6.07) is 16.8. The van der Waals surface area contributed by atoms with Crippen molar-refractivity contribution in [2.24, 2.45) is 0 Å². The number of anilines is 2. The molecule has 0 unspecified atom stereocenters. The SMILES string of the molecule is CCN(C(=O)[C@H](C)N1CCN(CC(=O)Nc2ccccc2Cl)CC1)c1ccccc1. The Labute approximate surface area is 183 Å². The van der Waals surface area contributed by atoms with E-state index in [0.29, 0.717) is 23.8 Å². The average Bonchev–Trinajstić information content (AvgIpc) is 2.76. The molecule has 0 spiro atoms. The average molecular weight is 429 g/mol. The number of rotatable bonds is 7. The molecular formula is C23H29ClN4O2. The number of benzene rings is 2. The maximum Gasteiger partial charge on any atom is 0.244 e. The van der Waals surface area contributed by atoms with Crippen LogP contribution in [0.5, 0.6) is 0 Å². The minimum atomic E-state index is -0.204. The number of hydrogen-bond acceptors (Lipinski definition) is 4. The summed E-state index contributed by atoms with van der Waals surface area (Å²) in [4.78, 5) is 31.5. The van der Waals surface area contributed by atoms with E-state index in [-0.39, 0.29) is 17.9 Å². The molecule has 2 aromatic rings. The standard InChI is InChI=1S/C23H29ClN4O2/c1-3-28(19-9-5-4-6-10-19)23(30)18(2)27-15-13-26(14-16-27)17-22(29)25-21-12-8-7-11-20(21)24/h4-12,18H,3,13-17H2,1-2H3,(H,25,29)/t18-/m0/s1. The Hall–Kier alpha value is -2.41. The lowest BCUT2D eigenvalue weighted by molar-refractivity contribution is -0.124. The predicted molar refractivity (Wildman–Crippen MR) is 122 cm³/mol. The van der Waals surface area contributed by atoms with Crippen LogP contribution in [0.15, 0.2) is 54.6 Å². The fourth-order valence-electron chi connectivity index (χ4n) is 3.72. The molecule has 3 rings (SSSR count). The Balaban J connectivity index is 1.50. The summed E-state index contributed by atoms with van der Waals surface area (Å²) in [6.07, 6.45) is 0. The molecule has 1 aliphatic rings. The molecule has 1 aliphatic heterocycles. The van der Waals surface area contributed by atoms with Crippen LogP contribution in [0.4, 0.5) is 11.4 Å². The Morgan fingerprint density at radius 1 is 1.03 bits per heavy atom. The van der Waals surface area contributed by atoms with Crippen molar-refractivity contribution in [2.45, 2.75) is 19.9 Å². The molecule has 30 heavy (non-hydrogen) atoms. The number of halogens is 1. The summed E-state index contributed by atoms with van der Waals surface area (Å²) in [7, 11) is 0. The number of hydrogen-bond donors (Lipinski definition) is 1. The van der Waals surface area contributed by atoms with Gasteiger partial charge in [0.1, 0.15) is 0 Å². The van der Waals surface area contributed by atoms with Crippen LogP contribution in [-0.2, 0) is 9.59 Å². The van der Waals surface area contributed by atoms with Gasteiger partial charge in [0, 0.05) is 38.4 Å². The third kappa shape index (κ3) is 5.59. The van der Waals surface area contributed by atoms with E-state index in [1.165, 1.54) is 0 Å². The zero-order chi connectivity index (χ0) is 21.5. The molecule has 6 nitrogen and oxygen atoms in total. The molecule has 160 valence electrons. The van der Waals surface area contributed by atoms with Crippen molar-refractivity contribution in [1.29, 1.82) is 0 Å². The van der Waals surface area contributed by atoms with Crippen LogP contribution in [0.2, 0.25) is 5.02 Å². The van der Waals surface area contributed by atoms with E-state index in [1.807, 2.05) is 61.2 Å². The van der Waals surface area contributed by atoms with Gasteiger partial charge in [0.05, 0.1) is 23.3 Å². The molecule has 0 saturated carbocycles. The van der Waals surface area contributed by atoms with E-state index in [4.69, 9.17) is 11.6 Å². The summed E-state index contributed by atoms with van der Waals surface area (Å²) in [5.41, 5.74) is 1.55. The first-order valence-electron chi connectivity index (χ1n) is 10.4. The third-order valence-corrected chi connectivity index (χ3v) is 5.81. The molecule has 0 radical (unpaired) electrons. The molecule has 1 heterocycles. The number of likely N-dealkylation sites (N-methyl/N-ethyl adjacent to an activating group) is 1. The van der Waals surface area contributed by atoms with Gasteiger partial charge in [0.25, 0.3) is 0 Å². The Morgan fingerprint density at radius 3 is 2.30 bits per heavy atom. The predicted octanol–water partition coefficient (Wildman–Crippen LogP) is 3.34. The van der Waals surface area contributed by atoms with E-state index >= 15 is 0 Å². The second-order valence-electron chi connectivity index (χ2n) is 7.43. The highest BCUT2D eigenvalue weighted by atomic mass is 35.5. The Kier molecular flexibility index (Phi) is 7.85. The minimum absolute atomic E-state index is 0.0816. The molecule has 2 amide bonds. The van der Waals surface area contributed by atoms with Gasteiger partial charge in [-0.15, -0.1) is 0 Å². The first-order chi connectivity index (χ1) is 14.5. The van der Waals surface area contributed by atoms with Crippen LogP contribution in [-0.4, -0.2) is 66.9 Å². The van der Waals surface area contributed by atoms with Crippen molar-refractivity contribution in [1.82, 2.24) is 9.80 Å². The van der Waals surface area contributed by atoms with Crippen molar-refractivity contribution in [2.75, 3.05) is 49.5 Å². The number of amides is 2. The highest BCUT2D eigenvalue weighted by Crippen LogP contribution is 2.20. The van der Waals surface area contributed by atoms with E-state index in [0.717, 1.165) is 31.9 Å². The maximum absolute atomic E-state index is 13.1. The Morgan fingerprint density at radius 2 is 1.67 bits per heavy atom. The van der Waals surface area contributed by atoms with Gasteiger partial charge in [-0.3, -0.25) is 19.4 Å². The molecule has 0 bridgehead atoms. The first kappa shape index (κ1) is 22.3. The van der Waals surface area contributed by atoms with Crippen LogP contribution < -0.4 is 10.2 Å². The quantitative estimate of drug-likeness (QED) is 0.734. The van der Waals surface area contributed by atoms with Crippen molar-refractivity contribution in [3.63, 3.8) is 0 Å². The maximum atomic E-state index is 13.1. The van der Waals surface area contributed by atoms with Crippen LogP contribution in [0.3, 0.4) is 0 Å². The summed E-state index contributed by atoms with van der Waals surface area (Å²) in [6.45, 7) is 7.88. The zero-order valence-corrected chi connectivity index (χ0v) is 18.3.